The molecule has 0 spiro atoms. The van der Waals surface area contributed by atoms with Gasteiger partial charge in [0.1, 0.15) is 0 Å². The van der Waals surface area contributed by atoms with Crippen LogP contribution in [0.4, 0.5) is 0 Å². The van der Waals surface area contributed by atoms with Crippen LogP contribution in [0.25, 0.3) is 28.1 Å². The van der Waals surface area contributed by atoms with Gasteiger partial charge < -0.3 is 0 Å². The lowest BCUT2D eigenvalue weighted by Gasteiger charge is -2.21. The topological polar surface area (TPSA) is 38.7 Å². The number of fused-ring (bicyclic) bond motifs is 3. The molecule has 0 saturated heterocycles. The number of hydrogen-bond donors (Lipinski definition) is 0. The minimum Gasteiger partial charge on any atom is -0.208 e. The summed E-state index contributed by atoms with van der Waals surface area (Å²) in [5, 5.41) is 0.180. The first kappa shape index (κ1) is 17.6. The van der Waals surface area contributed by atoms with Crippen LogP contribution in [-0.4, -0.2) is 15.0 Å². The van der Waals surface area contributed by atoms with E-state index in [4.69, 9.17) is 11.6 Å². The van der Waals surface area contributed by atoms with Crippen molar-refractivity contribution in [1.29, 1.82) is 0 Å². The molecule has 0 amide bonds. The fourth-order valence-corrected chi connectivity index (χ4v) is 3.95. The molecule has 1 aliphatic carbocycles. The standard InChI is InChI=1S/C23H20ClN3/c1-5-14(6-2)20-25-21(27-22(24)26-20)15-11-12-17-16-9-7-8-10-18(16)23(3,4)19(17)13-15/h5-13H,1H2,2-4H3/b14-6+. The van der Waals surface area contributed by atoms with E-state index in [0.717, 1.165) is 11.1 Å². The summed E-state index contributed by atoms with van der Waals surface area (Å²) in [6.07, 6.45) is 3.63. The summed E-state index contributed by atoms with van der Waals surface area (Å²) in [6.45, 7) is 10.2. The smallest absolute Gasteiger partial charge is 0.208 e. The van der Waals surface area contributed by atoms with Crippen LogP contribution in [0.3, 0.4) is 0 Å². The average Bonchev–Trinajstić information content (AvgIpc) is 2.90. The zero-order chi connectivity index (χ0) is 19.2. The lowest BCUT2D eigenvalue weighted by Crippen LogP contribution is -2.15. The van der Waals surface area contributed by atoms with Gasteiger partial charge in [0.25, 0.3) is 0 Å². The molecule has 0 atom stereocenters. The van der Waals surface area contributed by atoms with Crippen molar-refractivity contribution in [3.05, 3.63) is 83.4 Å². The maximum absolute atomic E-state index is 6.18. The second-order valence-electron chi connectivity index (χ2n) is 7.13. The molecule has 134 valence electrons. The fourth-order valence-electron chi connectivity index (χ4n) is 3.79. The minimum atomic E-state index is -0.0722. The van der Waals surface area contributed by atoms with Gasteiger partial charge in [-0.05, 0) is 46.8 Å². The molecular weight excluding hydrogens is 354 g/mol. The summed E-state index contributed by atoms with van der Waals surface area (Å²) in [4.78, 5) is 13.2. The van der Waals surface area contributed by atoms with Crippen LogP contribution in [0.1, 0.15) is 37.7 Å². The van der Waals surface area contributed by atoms with Crippen LogP contribution < -0.4 is 0 Å². The summed E-state index contributed by atoms with van der Waals surface area (Å²) >= 11 is 6.18. The predicted octanol–water partition coefficient (Wildman–Crippen LogP) is 6.09. The van der Waals surface area contributed by atoms with Crippen LogP contribution in [0, 0.1) is 0 Å². The second kappa shape index (κ2) is 6.43. The molecule has 0 radical (unpaired) electrons. The number of rotatable bonds is 3. The van der Waals surface area contributed by atoms with Crippen molar-refractivity contribution in [2.24, 2.45) is 0 Å². The Hall–Kier alpha value is -2.78. The SMILES string of the molecule is C=C/C(=C\C)c1nc(Cl)nc(-c2ccc3c(c2)C(C)(C)c2ccccc2-3)n1. The molecule has 27 heavy (non-hydrogen) atoms. The van der Waals surface area contributed by atoms with Crippen LogP contribution in [-0.2, 0) is 5.41 Å². The van der Waals surface area contributed by atoms with Gasteiger partial charge in [-0.25, -0.2) is 4.98 Å². The molecule has 0 N–H and O–H groups in total. The third kappa shape index (κ3) is 2.79. The van der Waals surface area contributed by atoms with Crippen LogP contribution >= 0.6 is 11.6 Å². The van der Waals surface area contributed by atoms with Crippen LogP contribution in [0.15, 0.2) is 61.2 Å². The van der Waals surface area contributed by atoms with Gasteiger partial charge in [-0.2, -0.15) is 9.97 Å². The van der Waals surface area contributed by atoms with Crippen molar-refractivity contribution in [2.75, 3.05) is 0 Å². The van der Waals surface area contributed by atoms with Crippen molar-refractivity contribution in [3.8, 4) is 22.5 Å². The lowest BCUT2D eigenvalue weighted by atomic mass is 9.82. The van der Waals surface area contributed by atoms with E-state index in [2.05, 4.69) is 77.8 Å². The van der Waals surface area contributed by atoms with Crippen LogP contribution in [0.5, 0.6) is 0 Å². The Labute approximate surface area is 164 Å². The molecule has 1 aromatic heterocycles. The van der Waals surface area contributed by atoms with E-state index >= 15 is 0 Å². The number of aromatic nitrogens is 3. The Morgan fingerprint density at radius 1 is 1.00 bits per heavy atom. The van der Waals surface area contributed by atoms with Gasteiger partial charge >= 0.3 is 0 Å². The largest absolute Gasteiger partial charge is 0.226 e. The molecule has 0 fully saturated rings. The Kier molecular flexibility index (Phi) is 4.20. The Morgan fingerprint density at radius 2 is 1.74 bits per heavy atom. The number of benzene rings is 2. The maximum atomic E-state index is 6.18. The zero-order valence-corrected chi connectivity index (χ0v) is 16.4. The van der Waals surface area contributed by atoms with Gasteiger partial charge in [0.2, 0.25) is 5.28 Å². The molecule has 0 bridgehead atoms. The molecule has 3 nitrogen and oxygen atoms in total. The minimum absolute atomic E-state index is 0.0722. The molecule has 0 unspecified atom stereocenters. The summed E-state index contributed by atoms with van der Waals surface area (Å²) < 4.78 is 0. The van der Waals surface area contributed by atoms with E-state index in [1.165, 1.54) is 22.3 Å². The van der Waals surface area contributed by atoms with E-state index in [9.17, 15) is 0 Å². The number of halogens is 1. The third-order valence-electron chi connectivity index (χ3n) is 5.24. The van der Waals surface area contributed by atoms with Crippen molar-refractivity contribution in [3.63, 3.8) is 0 Å². The van der Waals surface area contributed by atoms with Gasteiger partial charge in [-0.3, -0.25) is 0 Å². The summed E-state index contributed by atoms with van der Waals surface area (Å²) in [7, 11) is 0. The van der Waals surface area contributed by atoms with Crippen LogP contribution in [0.2, 0.25) is 5.28 Å². The first-order valence-corrected chi connectivity index (χ1v) is 9.29. The molecule has 4 rings (SSSR count). The molecular formula is C23H20ClN3. The van der Waals surface area contributed by atoms with E-state index in [-0.39, 0.29) is 10.7 Å². The predicted molar refractivity (Wildman–Crippen MR) is 112 cm³/mol. The molecule has 4 heteroatoms. The average molecular weight is 374 g/mol. The van der Waals surface area contributed by atoms with Gasteiger partial charge in [-0.15, -0.1) is 0 Å². The van der Waals surface area contributed by atoms with E-state index in [1.807, 2.05) is 13.0 Å². The van der Waals surface area contributed by atoms with E-state index in [1.54, 1.807) is 6.08 Å². The van der Waals surface area contributed by atoms with E-state index in [0.29, 0.717) is 11.6 Å². The lowest BCUT2D eigenvalue weighted by molar-refractivity contribution is 0.660. The Bertz CT molecular complexity index is 1100. The van der Waals surface area contributed by atoms with Gasteiger partial charge in [0, 0.05) is 16.6 Å². The van der Waals surface area contributed by atoms with E-state index < -0.39 is 0 Å². The second-order valence-corrected chi connectivity index (χ2v) is 7.47. The molecule has 1 heterocycles. The van der Waals surface area contributed by atoms with Crippen molar-refractivity contribution in [2.45, 2.75) is 26.2 Å². The van der Waals surface area contributed by atoms with Crippen molar-refractivity contribution >= 4 is 17.2 Å². The quantitative estimate of drug-likeness (QED) is 0.521. The monoisotopic (exact) mass is 373 g/mol. The first-order chi connectivity index (χ1) is 13.0. The Morgan fingerprint density at radius 3 is 2.48 bits per heavy atom. The third-order valence-corrected chi connectivity index (χ3v) is 5.41. The number of nitrogens with zero attached hydrogens (tertiary/aromatic N) is 3. The molecule has 3 aromatic rings. The molecule has 0 aliphatic heterocycles. The van der Waals surface area contributed by atoms with Crippen molar-refractivity contribution in [1.82, 2.24) is 15.0 Å². The molecule has 2 aromatic carbocycles. The zero-order valence-electron chi connectivity index (χ0n) is 15.6. The highest BCUT2D eigenvalue weighted by molar-refractivity contribution is 6.28. The highest BCUT2D eigenvalue weighted by atomic mass is 35.5. The Balaban J connectivity index is 1.87. The van der Waals surface area contributed by atoms with Crippen molar-refractivity contribution < 1.29 is 0 Å². The van der Waals surface area contributed by atoms with Gasteiger partial charge in [0.05, 0.1) is 0 Å². The van der Waals surface area contributed by atoms with Gasteiger partial charge in [-0.1, -0.05) is 69.0 Å². The highest BCUT2D eigenvalue weighted by Gasteiger charge is 2.35. The summed E-state index contributed by atoms with van der Waals surface area (Å²) in [6, 6.07) is 14.9. The van der Waals surface area contributed by atoms with Gasteiger partial charge in [0.15, 0.2) is 11.6 Å². The first-order valence-electron chi connectivity index (χ1n) is 8.91. The molecule has 1 aliphatic rings. The molecule has 0 saturated carbocycles. The number of hydrogen-bond acceptors (Lipinski definition) is 3. The summed E-state index contributed by atoms with van der Waals surface area (Å²) in [5.74, 6) is 1.10. The fraction of sp³-hybridized carbons (Fsp3) is 0.174. The highest BCUT2D eigenvalue weighted by Crippen LogP contribution is 2.49. The maximum Gasteiger partial charge on any atom is 0.226 e. The number of allylic oxidation sites excluding steroid dienone is 3. The normalized spacial score (nSPS) is 14.6. The summed E-state index contributed by atoms with van der Waals surface area (Å²) in [5.41, 5.74) is 6.86.